The van der Waals surface area contributed by atoms with Gasteiger partial charge in [-0.3, -0.25) is 4.79 Å². The number of hydrogen-bond acceptors (Lipinski definition) is 6. The first kappa shape index (κ1) is 15.1. The van der Waals surface area contributed by atoms with Gasteiger partial charge in [-0.25, -0.2) is 4.68 Å². The maximum atomic E-state index is 11.6. The van der Waals surface area contributed by atoms with Crippen LogP contribution in [0, 0.1) is 11.3 Å². The number of aliphatic hydroxyl groups excluding tert-OH is 1. The normalized spacial score (nSPS) is 10.2. The van der Waals surface area contributed by atoms with Crippen LogP contribution in [-0.4, -0.2) is 54.3 Å². The van der Waals surface area contributed by atoms with E-state index in [-0.39, 0.29) is 31.1 Å². The summed E-state index contributed by atoms with van der Waals surface area (Å²) in [5, 5.41) is 24.2. The first-order valence-electron chi connectivity index (χ1n) is 5.66. The number of carbonyl (C=O) groups excluding carboxylic acids is 1. The van der Waals surface area contributed by atoms with Crippen LogP contribution in [-0.2, 0) is 20.8 Å². The third-order valence-electron chi connectivity index (χ3n) is 2.19. The lowest BCUT2D eigenvalue weighted by atomic mass is 10.3. The van der Waals surface area contributed by atoms with Gasteiger partial charge in [0.2, 0.25) is 0 Å². The Balaban J connectivity index is 2.57. The van der Waals surface area contributed by atoms with Crippen LogP contribution in [0.25, 0.3) is 0 Å². The van der Waals surface area contributed by atoms with Gasteiger partial charge in [-0.1, -0.05) is 0 Å². The molecule has 1 aromatic rings. The van der Waals surface area contributed by atoms with Crippen molar-refractivity contribution in [2.24, 2.45) is 0 Å². The topological polar surface area (TPSA) is 109 Å². The molecule has 2 N–H and O–H groups in total. The van der Waals surface area contributed by atoms with Gasteiger partial charge in [0.1, 0.15) is 24.1 Å². The fraction of sp³-hybridized carbons (Fsp3) is 0.545. The zero-order valence-electron chi connectivity index (χ0n) is 10.6. The van der Waals surface area contributed by atoms with E-state index in [0.717, 1.165) is 0 Å². The number of amides is 1. The molecule has 0 bridgehead atoms. The van der Waals surface area contributed by atoms with Crippen LogP contribution < -0.4 is 5.32 Å². The zero-order valence-corrected chi connectivity index (χ0v) is 10.6. The summed E-state index contributed by atoms with van der Waals surface area (Å²) in [7, 11) is 1.54. The number of hydrogen-bond donors (Lipinski definition) is 2. The highest BCUT2D eigenvalue weighted by Gasteiger charge is 2.13. The molecule has 0 aromatic carbocycles. The number of methoxy groups -OCH3 is 1. The molecule has 0 aliphatic rings. The Morgan fingerprint density at radius 1 is 1.63 bits per heavy atom. The number of carbonyl (C=O) groups is 1. The average molecular weight is 268 g/mol. The van der Waals surface area contributed by atoms with Gasteiger partial charge < -0.3 is 19.9 Å². The van der Waals surface area contributed by atoms with Gasteiger partial charge in [-0.2, -0.15) is 10.4 Å². The number of nitrogens with one attached hydrogen (secondary N) is 1. The van der Waals surface area contributed by atoms with Gasteiger partial charge in [0.25, 0.3) is 5.91 Å². The first-order valence-corrected chi connectivity index (χ1v) is 5.66. The highest BCUT2D eigenvalue weighted by atomic mass is 16.5. The van der Waals surface area contributed by atoms with Crippen molar-refractivity contribution in [1.29, 1.82) is 5.26 Å². The maximum Gasteiger partial charge on any atom is 0.251 e. The van der Waals surface area contributed by atoms with E-state index in [4.69, 9.17) is 19.8 Å². The molecule has 1 heterocycles. The lowest BCUT2D eigenvalue weighted by Gasteiger charge is -2.08. The quantitative estimate of drug-likeness (QED) is 0.606. The molecular weight excluding hydrogens is 252 g/mol. The molecule has 0 fully saturated rings. The fourth-order valence-corrected chi connectivity index (χ4v) is 1.34. The van der Waals surface area contributed by atoms with Crippen molar-refractivity contribution in [3.05, 3.63) is 11.8 Å². The summed E-state index contributed by atoms with van der Waals surface area (Å²) < 4.78 is 11.2. The van der Waals surface area contributed by atoms with Gasteiger partial charge >= 0.3 is 0 Å². The van der Waals surface area contributed by atoms with E-state index >= 15 is 0 Å². The summed E-state index contributed by atoms with van der Waals surface area (Å²) in [6, 6.07) is 1.92. The monoisotopic (exact) mass is 268 g/mol. The van der Waals surface area contributed by atoms with Crippen LogP contribution in [0.2, 0.25) is 0 Å². The Morgan fingerprint density at radius 2 is 2.42 bits per heavy atom. The minimum atomic E-state index is -0.396. The Labute approximate surface area is 110 Å². The predicted molar refractivity (Wildman–Crippen MR) is 65.4 cm³/mol. The number of anilines is 1. The molecule has 0 saturated carbocycles. The number of rotatable bonds is 8. The molecule has 1 aromatic heterocycles. The number of nitriles is 1. The third kappa shape index (κ3) is 4.67. The summed E-state index contributed by atoms with van der Waals surface area (Å²) >= 11 is 0. The minimum Gasteiger partial charge on any atom is -0.394 e. The van der Waals surface area contributed by atoms with E-state index in [1.54, 1.807) is 0 Å². The number of aliphatic hydroxyl groups is 1. The smallest absolute Gasteiger partial charge is 0.251 e. The van der Waals surface area contributed by atoms with Crippen molar-refractivity contribution in [3.63, 3.8) is 0 Å². The molecule has 1 rings (SSSR count). The molecule has 0 saturated heterocycles. The summed E-state index contributed by atoms with van der Waals surface area (Å²) in [4.78, 5) is 11.6. The SMILES string of the molecule is COCCOCC(=O)Nc1c(C#N)cnn1CCO. The summed E-state index contributed by atoms with van der Waals surface area (Å²) in [5.74, 6) is -0.135. The van der Waals surface area contributed by atoms with Crippen molar-refractivity contribution in [3.8, 4) is 6.07 Å². The number of aromatic nitrogens is 2. The molecule has 8 nitrogen and oxygen atoms in total. The molecule has 1 amide bonds. The van der Waals surface area contributed by atoms with Crippen LogP contribution >= 0.6 is 0 Å². The molecule has 0 atom stereocenters. The number of nitrogens with zero attached hydrogens (tertiary/aromatic N) is 3. The molecule has 8 heteroatoms. The molecule has 19 heavy (non-hydrogen) atoms. The predicted octanol–water partition coefficient (Wildman–Crippen LogP) is -0.651. The van der Waals surface area contributed by atoms with E-state index in [2.05, 4.69) is 10.4 Å². The molecule has 0 aliphatic heterocycles. The lowest BCUT2D eigenvalue weighted by Crippen LogP contribution is -2.22. The van der Waals surface area contributed by atoms with E-state index in [1.807, 2.05) is 6.07 Å². The minimum absolute atomic E-state index is 0.139. The van der Waals surface area contributed by atoms with E-state index < -0.39 is 5.91 Å². The molecule has 0 unspecified atom stereocenters. The largest absolute Gasteiger partial charge is 0.394 e. The van der Waals surface area contributed by atoms with Crippen molar-refractivity contribution >= 4 is 11.7 Å². The molecule has 0 radical (unpaired) electrons. The average Bonchev–Trinajstić information content (AvgIpc) is 2.78. The van der Waals surface area contributed by atoms with E-state index in [9.17, 15) is 4.79 Å². The maximum absolute atomic E-state index is 11.6. The van der Waals surface area contributed by atoms with Crippen LogP contribution in [0.1, 0.15) is 5.56 Å². The van der Waals surface area contributed by atoms with E-state index in [1.165, 1.54) is 18.0 Å². The van der Waals surface area contributed by atoms with Crippen molar-refractivity contribution in [2.45, 2.75) is 6.54 Å². The second-order valence-corrected chi connectivity index (χ2v) is 3.56. The standard InChI is InChI=1S/C11H16N4O4/c1-18-4-5-19-8-10(17)14-11-9(6-12)7-13-15(11)2-3-16/h7,16H,2-5,8H2,1H3,(H,14,17). The Bertz CT molecular complexity index is 452. The Morgan fingerprint density at radius 3 is 3.05 bits per heavy atom. The second kappa shape index (κ2) is 8.20. The highest BCUT2D eigenvalue weighted by molar-refractivity contribution is 5.92. The third-order valence-corrected chi connectivity index (χ3v) is 2.19. The van der Waals surface area contributed by atoms with Gasteiger partial charge in [0, 0.05) is 7.11 Å². The fourth-order valence-electron chi connectivity index (χ4n) is 1.34. The van der Waals surface area contributed by atoms with Gasteiger partial charge in [0.05, 0.1) is 32.6 Å². The van der Waals surface area contributed by atoms with Gasteiger partial charge in [-0.15, -0.1) is 0 Å². The number of ether oxygens (including phenoxy) is 2. The lowest BCUT2D eigenvalue weighted by molar-refractivity contribution is -0.121. The van der Waals surface area contributed by atoms with Crippen LogP contribution in [0.3, 0.4) is 0 Å². The first-order chi connectivity index (χ1) is 9.22. The van der Waals surface area contributed by atoms with E-state index in [0.29, 0.717) is 13.2 Å². The van der Waals surface area contributed by atoms with Crippen molar-refractivity contribution in [1.82, 2.24) is 9.78 Å². The molecule has 0 aliphatic carbocycles. The van der Waals surface area contributed by atoms with Crippen LogP contribution in [0.4, 0.5) is 5.82 Å². The van der Waals surface area contributed by atoms with Crippen LogP contribution in [0.5, 0.6) is 0 Å². The Hall–Kier alpha value is -1.95. The summed E-state index contributed by atoms with van der Waals surface area (Å²) in [5.41, 5.74) is 0.235. The summed E-state index contributed by atoms with van der Waals surface area (Å²) in [6.45, 7) is 0.629. The van der Waals surface area contributed by atoms with Gasteiger partial charge in [0.15, 0.2) is 0 Å². The summed E-state index contributed by atoms with van der Waals surface area (Å²) in [6.07, 6.45) is 1.33. The zero-order chi connectivity index (χ0) is 14.1. The molecule has 104 valence electrons. The van der Waals surface area contributed by atoms with Gasteiger partial charge in [-0.05, 0) is 0 Å². The van der Waals surface area contributed by atoms with Crippen molar-refractivity contribution < 1.29 is 19.4 Å². The molecule has 0 spiro atoms. The second-order valence-electron chi connectivity index (χ2n) is 3.56. The van der Waals surface area contributed by atoms with Crippen molar-refractivity contribution in [2.75, 3.05) is 38.9 Å². The molecular formula is C11H16N4O4. The Kier molecular flexibility index (Phi) is 6.52. The van der Waals surface area contributed by atoms with Crippen LogP contribution in [0.15, 0.2) is 6.20 Å². The highest BCUT2D eigenvalue weighted by Crippen LogP contribution is 2.13.